The van der Waals surface area contributed by atoms with Gasteiger partial charge in [0, 0.05) is 126 Å². The molecule has 18 nitrogen and oxygen atoms in total. The minimum absolute atomic E-state index is 0.0573. The van der Waals surface area contributed by atoms with Gasteiger partial charge in [0.15, 0.2) is 4.96 Å². The molecule has 10 aromatic heterocycles. The van der Waals surface area contributed by atoms with Crippen LogP contribution in [-0.2, 0) is 30.1 Å². The molecule has 0 unspecified atom stereocenters. The zero-order valence-electron chi connectivity index (χ0n) is 79.6. The number of aromatic nitrogens is 11. The zero-order valence-corrected chi connectivity index (χ0v) is 80.4. The number of imidazole rings is 4. The number of hydrogen-bond donors (Lipinski definition) is 2. The van der Waals surface area contributed by atoms with Crippen LogP contribution in [0.5, 0.6) is 0 Å². The van der Waals surface area contributed by atoms with Crippen molar-refractivity contribution >= 4 is 94.1 Å². The van der Waals surface area contributed by atoms with E-state index in [1.807, 2.05) is 397 Å². The van der Waals surface area contributed by atoms with E-state index in [2.05, 4.69) is 124 Å². The molecule has 660 valence electrons. The summed E-state index contributed by atoms with van der Waals surface area (Å²) < 4.78 is 12.4. The van der Waals surface area contributed by atoms with E-state index < -0.39 is 0 Å². The summed E-state index contributed by atoms with van der Waals surface area (Å²) in [6.07, 6.45) is 27.6. The molecule has 0 atom stereocenters. The molecular formula is C104H144N14O4S. The van der Waals surface area contributed by atoms with E-state index in [1.54, 1.807) is 46.7 Å². The number of furan rings is 1. The number of allylic oxidation sites excluding steroid dienone is 2. The van der Waals surface area contributed by atoms with Crippen LogP contribution in [0, 0.1) is 48.5 Å². The minimum atomic E-state index is -0.0637. The Hall–Kier alpha value is -12.6. The van der Waals surface area contributed by atoms with Crippen LogP contribution in [0.2, 0.25) is 0 Å². The van der Waals surface area contributed by atoms with Crippen LogP contribution in [0.3, 0.4) is 0 Å². The van der Waals surface area contributed by atoms with Crippen molar-refractivity contribution in [1.29, 1.82) is 0 Å². The highest BCUT2D eigenvalue weighted by Crippen LogP contribution is 2.24. The smallest absolute Gasteiger partial charge is 0.326 e. The van der Waals surface area contributed by atoms with Crippen LogP contribution in [-0.4, -0.2) is 81.2 Å². The Morgan fingerprint density at radius 3 is 1.67 bits per heavy atom. The molecule has 123 heavy (non-hydrogen) atoms. The van der Waals surface area contributed by atoms with Crippen LogP contribution in [0.4, 0.5) is 5.69 Å². The highest BCUT2D eigenvalue weighted by Gasteiger charge is 2.23. The van der Waals surface area contributed by atoms with Gasteiger partial charge < -0.3 is 23.7 Å². The van der Waals surface area contributed by atoms with Crippen molar-refractivity contribution in [2.24, 2.45) is 14.1 Å². The summed E-state index contributed by atoms with van der Waals surface area (Å²) in [5.74, 6) is 0.188. The van der Waals surface area contributed by atoms with Crippen molar-refractivity contribution in [3.05, 3.63) is 341 Å². The molecule has 19 heteroatoms. The average molecular weight is 1690 g/mol. The van der Waals surface area contributed by atoms with Crippen LogP contribution < -0.4 is 11.0 Å². The number of pyridine rings is 4. The second-order valence-corrected chi connectivity index (χ2v) is 25.4. The Balaban J connectivity index is 0.00000132. The highest BCUT2D eigenvalue weighted by atomic mass is 32.1. The van der Waals surface area contributed by atoms with Gasteiger partial charge in [-0.25, -0.2) is 24.8 Å². The van der Waals surface area contributed by atoms with Crippen molar-refractivity contribution in [1.82, 2.24) is 62.8 Å². The van der Waals surface area contributed by atoms with Crippen molar-refractivity contribution in [3.8, 4) is 0 Å². The molecule has 16 aromatic rings. The number of amides is 2. The van der Waals surface area contributed by atoms with Gasteiger partial charge in [-0.15, -0.1) is 11.3 Å². The third-order valence-corrected chi connectivity index (χ3v) is 17.2. The van der Waals surface area contributed by atoms with Crippen molar-refractivity contribution in [3.63, 3.8) is 0 Å². The third kappa shape index (κ3) is 37.9. The van der Waals surface area contributed by atoms with Crippen LogP contribution >= 0.6 is 11.3 Å². The van der Waals surface area contributed by atoms with Gasteiger partial charge in [0.25, 0.3) is 5.91 Å². The summed E-state index contributed by atoms with van der Waals surface area (Å²) in [6, 6.07) is 62.6. The Morgan fingerprint density at radius 2 is 1.03 bits per heavy atom. The molecule has 13 heterocycles. The molecule has 2 N–H and O–H groups in total. The lowest BCUT2D eigenvalue weighted by Gasteiger charge is -2.35. The maximum Gasteiger partial charge on any atom is 0.326 e. The lowest BCUT2D eigenvalue weighted by atomic mass is 10.0. The summed E-state index contributed by atoms with van der Waals surface area (Å²) in [4.78, 5) is 62.7. The van der Waals surface area contributed by atoms with Gasteiger partial charge in [-0.3, -0.25) is 38.5 Å². The van der Waals surface area contributed by atoms with E-state index >= 15 is 0 Å². The van der Waals surface area contributed by atoms with Gasteiger partial charge in [0.1, 0.15) is 5.65 Å². The predicted octanol–water partition coefficient (Wildman–Crippen LogP) is 28.2. The van der Waals surface area contributed by atoms with Gasteiger partial charge in [-0.2, -0.15) is 0 Å². The number of nitrogens with one attached hydrogen (secondary N) is 2. The van der Waals surface area contributed by atoms with Gasteiger partial charge in [-0.05, 0) is 175 Å². The quantitative estimate of drug-likeness (QED) is 0.147. The molecule has 0 fully saturated rings. The third-order valence-electron chi connectivity index (χ3n) is 16.5. The van der Waals surface area contributed by atoms with Gasteiger partial charge in [0.05, 0.1) is 58.5 Å². The number of H-pyrrole nitrogens is 1. The molecule has 0 bridgehead atoms. The predicted molar refractivity (Wildman–Crippen MR) is 532 cm³/mol. The normalized spacial score (nSPS) is 10.7. The fourth-order valence-electron chi connectivity index (χ4n) is 10.8. The van der Waals surface area contributed by atoms with Crippen LogP contribution in [0.1, 0.15) is 197 Å². The number of carbonyl (C=O) groups is 2. The monoisotopic (exact) mass is 1690 g/mol. The summed E-state index contributed by atoms with van der Waals surface area (Å²) in [5.41, 5.74) is 18.5. The SMILES string of the molecule is CC.CC.CC.CC.CC.CC.CC.CC.CC.CC.CC1=CCN2C=CC=CN2C1=O.Cc1cc2ccccc2cn1.Cc1ccc2c(c1)CCC(=O)N2.Cc1ccc2ccccc2n1.Cc1ccc2ncccc2c1.Cc1ccoc1.Cc1cnc2ccccn12.Cc1cnc2sccn12.Cn1c(=O)[nH]c2ccccc21.Cn1cnc2ccccc21. The summed E-state index contributed by atoms with van der Waals surface area (Å²) in [6.45, 7) is 56.9. The topological polar surface area (TPSA) is 195 Å². The fourth-order valence-corrected chi connectivity index (χ4v) is 11.6. The van der Waals surface area contributed by atoms with E-state index in [0.717, 1.165) is 73.8 Å². The minimum Gasteiger partial charge on any atom is -0.472 e. The van der Waals surface area contributed by atoms with E-state index in [4.69, 9.17) is 4.42 Å². The lowest BCUT2D eigenvalue weighted by Crippen LogP contribution is -2.44. The molecule has 19 rings (SSSR count). The second-order valence-electron chi connectivity index (χ2n) is 24.5. The first-order valence-electron chi connectivity index (χ1n) is 43.7. The largest absolute Gasteiger partial charge is 0.472 e. The molecule has 0 radical (unpaired) electrons. The molecule has 0 saturated carbocycles. The van der Waals surface area contributed by atoms with E-state index in [1.165, 1.54) is 60.7 Å². The standard InChI is InChI=1S/C10H11NO.3C10H9N.C9H10N2O.C8H8N2O.2C8H8N2.C6H6N2S.C5H6O.10C2H6/c1-7-2-4-9-8(6-7)3-5-10(12)11-9;1-8-4-5-10-9(7-8)3-2-6-11-10;1-8-6-9-4-2-3-5-10(9)7-11-8;1-8-6-7-9-4-2-3-5-10(9)11-8;1-8-4-7-10-5-2-3-6-11(10)9(8)12;1-10-7-5-3-2-4-6(7)9-8(10)11;1-10-6-9-7-4-2-3-5-8(7)10;1-7-6-9-8-4-2-3-5-10(7)8;1-5-4-7-6-8(5)2-3-9-6;1-5-2-3-6-4-5;10*1-2/h2,4,6H,3,5H2,1H3,(H,11,12);3*2-7H,1H3;2-6H,7H2,1H3;2-5H,1H3,(H,9,11);2*2-6H,1H3;2-4H,1H3;2-4H,1H3;10*1-2H3. The molecular weight excluding hydrogens is 1540 g/mol. The van der Waals surface area contributed by atoms with Gasteiger partial charge in [0.2, 0.25) is 5.91 Å². The van der Waals surface area contributed by atoms with E-state index in [9.17, 15) is 14.4 Å². The summed E-state index contributed by atoms with van der Waals surface area (Å²) in [5, 5.41) is 13.3. The number of aromatic amines is 1. The Bertz CT molecular complexity index is 5370. The Kier molecular flexibility index (Phi) is 59.4. The van der Waals surface area contributed by atoms with Gasteiger partial charge in [-0.1, -0.05) is 259 Å². The number of hydrogen-bond acceptors (Lipinski definition) is 12. The zero-order chi connectivity index (χ0) is 92.6. The number of rotatable bonds is 0. The first-order valence-corrected chi connectivity index (χ1v) is 44.5. The molecule has 3 aliphatic heterocycles. The molecule has 2 amide bonds. The van der Waals surface area contributed by atoms with Crippen molar-refractivity contribution in [2.45, 2.75) is 207 Å². The number of aryl methyl sites for hydroxylation is 10. The highest BCUT2D eigenvalue weighted by molar-refractivity contribution is 7.15. The number of para-hydroxylation sites is 5. The number of anilines is 1. The number of thiazole rings is 1. The lowest BCUT2D eigenvalue weighted by molar-refractivity contribution is -0.135. The van der Waals surface area contributed by atoms with Crippen molar-refractivity contribution in [2.75, 3.05) is 11.9 Å². The van der Waals surface area contributed by atoms with E-state index in [-0.39, 0.29) is 17.5 Å². The summed E-state index contributed by atoms with van der Waals surface area (Å²) >= 11 is 1.66. The number of carbonyl (C=O) groups excluding carboxylic acids is 2. The van der Waals surface area contributed by atoms with Gasteiger partial charge >= 0.3 is 5.69 Å². The maximum atomic E-state index is 11.5. The number of benzene rings is 6. The van der Waals surface area contributed by atoms with Crippen molar-refractivity contribution < 1.29 is 14.0 Å². The average Bonchev–Trinajstić information content (AvgIpc) is 1.54. The second kappa shape index (κ2) is 66.1. The molecule has 0 saturated heterocycles. The number of nitrogens with zero attached hydrogens (tertiary/aromatic N) is 12. The molecule has 6 aromatic carbocycles. The number of hydrazine groups is 1. The maximum absolute atomic E-state index is 11.5. The molecule has 3 aliphatic rings. The molecule has 0 aliphatic carbocycles. The molecule has 0 spiro atoms. The first-order chi connectivity index (χ1) is 59.9. The Morgan fingerprint density at radius 1 is 0.447 bits per heavy atom. The van der Waals surface area contributed by atoms with Crippen LogP contribution in [0.15, 0.2) is 295 Å². The summed E-state index contributed by atoms with van der Waals surface area (Å²) in [7, 11) is 3.75. The Labute approximate surface area is 740 Å². The first kappa shape index (κ1) is 110. The van der Waals surface area contributed by atoms with Crippen LogP contribution in [0.25, 0.3) is 65.3 Å². The van der Waals surface area contributed by atoms with E-state index in [0.29, 0.717) is 6.42 Å². The number of fused-ring (bicyclic) bond motifs is 9. The fraction of sp³-hybridized carbons (Fsp3) is 0.317.